The predicted molar refractivity (Wildman–Crippen MR) is 72.9 cm³/mol. The molecule has 3 nitrogen and oxygen atoms in total. The molecule has 0 bridgehead atoms. The van der Waals surface area contributed by atoms with Gasteiger partial charge >= 0.3 is 0 Å². The van der Waals surface area contributed by atoms with Gasteiger partial charge < -0.3 is 10.3 Å². The number of nitrogen functional groups attached to an aromatic ring is 1. The summed E-state index contributed by atoms with van der Waals surface area (Å²) in [6, 6.07) is 4.50. The van der Waals surface area contributed by atoms with Crippen molar-refractivity contribution < 1.29 is 4.39 Å². The van der Waals surface area contributed by atoms with Crippen LogP contribution in [0.4, 0.5) is 10.1 Å². The van der Waals surface area contributed by atoms with Gasteiger partial charge in [0.25, 0.3) is 0 Å². The van der Waals surface area contributed by atoms with Gasteiger partial charge in [-0.3, -0.25) is 0 Å². The van der Waals surface area contributed by atoms with Crippen LogP contribution in [0.2, 0.25) is 0 Å². The van der Waals surface area contributed by atoms with Gasteiger partial charge in [0, 0.05) is 34.8 Å². The quantitative estimate of drug-likeness (QED) is 0.666. The third kappa shape index (κ3) is 3.04. The summed E-state index contributed by atoms with van der Waals surface area (Å²) in [5.41, 5.74) is 7.42. The van der Waals surface area contributed by atoms with Gasteiger partial charge in [-0.15, -0.1) is 11.8 Å². The maximum atomic E-state index is 12.9. The van der Waals surface area contributed by atoms with Crippen molar-refractivity contribution in [3.05, 3.63) is 42.2 Å². The molecule has 96 valence electrons. The highest BCUT2D eigenvalue weighted by Gasteiger charge is 2.05. The van der Waals surface area contributed by atoms with E-state index >= 15 is 0 Å². The Morgan fingerprint density at radius 2 is 2.28 bits per heavy atom. The number of thioether (sulfide) groups is 1. The number of halogens is 1. The standard InChI is InChI=1S/C13H16FN3S/c1-2-5-17-9-16-7-11(17)8-18-13-4-3-10(14)6-12(13)15/h3-4,6-7,9H,2,5,8,15H2,1H3. The van der Waals surface area contributed by atoms with E-state index in [1.54, 1.807) is 17.8 Å². The number of hydrogen-bond acceptors (Lipinski definition) is 3. The van der Waals surface area contributed by atoms with Crippen molar-refractivity contribution >= 4 is 17.4 Å². The van der Waals surface area contributed by atoms with E-state index in [1.807, 2.05) is 12.5 Å². The van der Waals surface area contributed by atoms with E-state index in [4.69, 9.17) is 5.73 Å². The Labute approximate surface area is 110 Å². The first kappa shape index (κ1) is 13.0. The summed E-state index contributed by atoms with van der Waals surface area (Å²) >= 11 is 1.60. The molecule has 2 aromatic rings. The third-order valence-electron chi connectivity index (χ3n) is 2.61. The van der Waals surface area contributed by atoms with Crippen molar-refractivity contribution in [1.82, 2.24) is 9.55 Å². The first-order valence-corrected chi connectivity index (χ1v) is 6.86. The molecule has 18 heavy (non-hydrogen) atoms. The Bertz CT molecular complexity index is 525. The van der Waals surface area contributed by atoms with E-state index in [9.17, 15) is 4.39 Å². The van der Waals surface area contributed by atoms with Gasteiger partial charge in [0.2, 0.25) is 0 Å². The van der Waals surface area contributed by atoms with Gasteiger partial charge in [0.15, 0.2) is 0 Å². The monoisotopic (exact) mass is 265 g/mol. The Morgan fingerprint density at radius 1 is 1.44 bits per heavy atom. The van der Waals surface area contributed by atoms with Crippen LogP contribution in [-0.4, -0.2) is 9.55 Å². The zero-order valence-electron chi connectivity index (χ0n) is 10.3. The van der Waals surface area contributed by atoms with Crippen molar-refractivity contribution in [2.45, 2.75) is 30.5 Å². The maximum Gasteiger partial charge on any atom is 0.125 e. The topological polar surface area (TPSA) is 43.8 Å². The number of nitrogens with two attached hydrogens (primary N) is 1. The van der Waals surface area contributed by atoms with Gasteiger partial charge in [0.05, 0.1) is 6.33 Å². The van der Waals surface area contributed by atoms with E-state index in [2.05, 4.69) is 16.5 Å². The van der Waals surface area contributed by atoms with Crippen molar-refractivity contribution in [2.24, 2.45) is 0 Å². The molecule has 1 aromatic carbocycles. The number of hydrogen-bond donors (Lipinski definition) is 1. The molecule has 0 spiro atoms. The summed E-state index contributed by atoms with van der Waals surface area (Å²) in [5.74, 6) is 0.489. The van der Waals surface area contributed by atoms with Crippen LogP contribution in [0, 0.1) is 5.82 Å². The van der Waals surface area contributed by atoms with E-state index in [0.717, 1.165) is 29.3 Å². The smallest absolute Gasteiger partial charge is 0.125 e. The Kier molecular flexibility index (Phi) is 4.25. The van der Waals surface area contributed by atoms with Crippen LogP contribution in [0.25, 0.3) is 0 Å². The Morgan fingerprint density at radius 3 is 3.00 bits per heavy atom. The Balaban J connectivity index is 2.04. The van der Waals surface area contributed by atoms with Crippen LogP contribution in [-0.2, 0) is 12.3 Å². The van der Waals surface area contributed by atoms with E-state index in [1.165, 1.54) is 12.1 Å². The molecule has 0 atom stereocenters. The number of anilines is 1. The lowest BCUT2D eigenvalue weighted by molar-refractivity contribution is 0.627. The summed E-state index contributed by atoms with van der Waals surface area (Å²) in [6.45, 7) is 3.10. The summed E-state index contributed by atoms with van der Waals surface area (Å²) < 4.78 is 15.1. The molecule has 0 saturated carbocycles. The Hall–Kier alpha value is -1.49. The van der Waals surface area contributed by atoms with E-state index < -0.39 is 0 Å². The molecule has 0 radical (unpaired) electrons. The van der Waals surface area contributed by atoms with Gasteiger partial charge in [0.1, 0.15) is 5.82 Å². The molecule has 2 N–H and O–H groups in total. The van der Waals surface area contributed by atoms with Gasteiger partial charge in [-0.05, 0) is 24.6 Å². The lowest BCUT2D eigenvalue weighted by Crippen LogP contribution is -1.99. The molecular weight excluding hydrogens is 249 g/mol. The first-order valence-electron chi connectivity index (χ1n) is 5.87. The van der Waals surface area contributed by atoms with Crippen LogP contribution < -0.4 is 5.73 Å². The predicted octanol–water partition coefficient (Wildman–Crippen LogP) is 3.31. The van der Waals surface area contributed by atoms with E-state index in [-0.39, 0.29) is 5.82 Å². The number of aromatic nitrogens is 2. The number of aryl methyl sites for hydroxylation is 1. The molecular formula is C13H16FN3S. The molecule has 2 rings (SSSR count). The molecule has 0 saturated heterocycles. The number of benzene rings is 1. The summed E-state index contributed by atoms with van der Waals surface area (Å²) in [4.78, 5) is 5.05. The fourth-order valence-electron chi connectivity index (χ4n) is 1.71. The minimum Gasteiger partial charge on any atom is -0.398 e. The zero-order chi connectivity index (χ0) is 13.0. The minimum absolute atomic E-state index is 0.298. The van der Waals surface area contributed by atoms with E-state index in [0.29, 0.717) is 5.69 Å². The molecule has 1 aromatic heterocycles. The van der Waals surface area contributed by atoms with Gasteiger partial charge in [-0.2, -0.15) is 0 Å². The molecule has 0 fully saturated rings. The highest BCUT2D eigenvalue weighted by molar-refractivity contribution is 7.98. The fourth-order valence-corrected chi connectivity index (χ4v) is 2.65. The third-order valence-corrected chi connectivity index (χ3v) is 3.73. The van der Waals surface area contributed by atoms with Crippen molar-refractivity contribution in [3.8, 4) is 0 Å². The maximum absolute atomic E-state index is 12.9. The molecule has 0 amide bonds. The lowest BCUT2D eigenvalue weighted by Gasteiger charge is -2.08. The summed E-state index contributed by atoms with van der Waals surface area (Å²) in [7, 11) is 0. The van der Waals surface area contributed by atoms with Crippen molar-refractivity contribution in [3.63, 3.8) is 0 Å². The average molecular weight is 265 g/mol. The molecule has 0 aliphatic rings. The average Bonchev–Trinajstić information content (AvgIpc) is 2.76. The second-order valence-corrected chi connectivity index (χ2v) is 5.07. The van der Waals surface area contributed by atoms with Crippen LogP contribution in [0.3, 0.4) is 0 Å². The summed E-state index contributed by atoms with van der Waals surface area (Å²) in [6.07, 6.45) is 4.78. The van der Waals surface area contributed by atoms with Gasteiger partial charge in [-0.25, -0.2) is 9.37 Å². The van der Waals surface area contributed by atoms with Crippen molar-refractivity contribution in [1.29, 1.82) is 0 Å². The zero-order valence-corrected chi connectivity index (χ0v) is 11.1. The second-order valence-electron chi connectivity index (χ2n) is 4.05. The van der Waals surface area contributed by atoms with Crippen molar-refractivity contribution in [2.75, 3.05) is 5.73 Å². The molecule has 1 heterocycles. The normalized spacial score (nSPS) is 10.8. The highest BCUT2D eigenvalue weighted by Crippen LogP contribution is 2.28. The van der Waals surface area contributed by atoms with Gasteiger partial charge in [-0.1, -0.05) is 6.92 Å². The number of rotatable bonds is 5. The lowest BCUT2D eigenvalue weighted by atomic mass is 10.3. The van der Waals surface area contributed by atoms with Crippen LogP contribution in [0.15, 0.2) is 35.6 Å². The minimum atomic E-state index is -0.298. The molecule has 0 aliphatic heterocycles. The van der Waals surface area contributed by atoms with Crippen LogP contribution >= 0.6 is 11.8 Å². The van der Waals surface area contributed by atoms with Crippen LogP contribution in [0.5, 0.6) is 0 Å². The number of nitrogens with zero attached hydrogens (tertiary/aromatic N) is 2. The summed E-state index contributed by atoms with van der Waals surface area (Å²) in [5, 5.41) is 0. The number of imidazole rings is 1. The molecule has 0 unspecified atom stereocenters. The fraction of sp³-hybridized carbons (Fsp3) is 0.308. The molecule has 0 aliphatic carbocycles. The second kappa shape index (κ2) is 5.91. The SMILES string of the molecule is CCCn1cncc1CSc1ccc(F)cc1N. The first-order chi connectivity index (χ1) is 8.70. The largest absolute Gasteiger partial charge is 0.398 e. The molecule has 5 heteroatoms. The highest BCUT2D eigenvalue weighted by atomic mass is 32.2. The van der Waals surface area contributed by atoms with Crippen LogP contribution in [0.1, 0.15) is 19.0 Å².